The van der Waals surface area contributed by atoms with Gasteiger partial charge < -0.3 is 19.3 Å². The molecule has 0 radical (unpaired) electrons. The van der Waals surface area contributed by atoms with E-state index in [0.29, 0.717) is 30.8 Å². The van der Waals surface area contributed by atoms with Crippen molar-refractivity contribution in [3.8, 4) is 11.4 Å². The molecule has 2 amide bonds. The van der Waals surface area contributed by atoms with E-state index in [4.69, 9.17) is 14.6 Å². The second-order valence-corrected chi connectivity index (χ2v) is 10.8. The van der Waals surface area contributed by atoms with Crippen LogP contribution in [-0.4, -0.2) is 53.9 Å². The Morgan fingerprint density at radius 2 is 1.74 bits per heavy atom. The number of carbonyl (C=O) groups excluding carboxylic acids is 3. The first-order chi connectivity index (χ1) is 19.0. The summed E-state index contributed by atoms with van der Waals surface area (Å²) in [7, 11) is 0. The fraction of sp³-hybridized carbons (Fsp3) is 0.400. The van der Waals surface area contributed by atoms with Crippen LogP contribution in [0.4, 0.5) is 11.4 Å². The molecule has 0 bridgehead atoms. The van der Waals surface area contributed by atoms with Crippen LogP contribution in [0, 0.1) is 0 Å². The average Bonchev–Trinajstić information content (AvgIpc) is 3.36. The minimum absolute atomic E-state index is 0.139. The Balaban J connectivity index is 1.31. The molecule has 200 valence electrons. The molecule has 1 saturated carbocycles. The summed E-state index contributed by atoms with van der Waals surface area (Å²) in [5.74, 6) is 0.272. The number of piperidine rings is 1. The zero-order valence-corrected chi connectivity index (χ0v) is 21.9. The molecule has 0 atom stereocenters. The number of rotatable bonds is 5. The van der Waals surface area contributed by atoms with Gasteiger partial charge in [0.2, 0.25) is 5.91 Å². The molecule has 1 spiro atoms. The minimum Gasteiger partial charge on any atom is -0.493 e. The van der Waals surface area contributed by atoms with Gasteiger partial charge in [0, 0.05) is 48.3 Å². The van der Waals surface area contributed by atoms with Gasteiger partial charge in [0.15, 0.2) is 5.69 Å². The van der Waals surface area contributed by atoms with Crippen molar-refractivity contribution in [1.82, 2.24) is 9.78 Å². The number of aromatic nitrogens is 2. The number of esters is 1. The lowest BCUT2D eigenvalue weighted by Gasteiger charge is -2.34. The number of ether oxygens (including phenoxy) is 2. The van der Waals surface area contributed by atoms with Gasteiger partial charge in [0.1, 0.15) is 11.4 Å². The molecule has 2 aromatic carbocycles. The van der Waals surface area contributed by atoms with Gasteiger partial charge in [-0.15, -0.1) is 0 Å². The maximum Gasteiger partial charge on any atom is 0.359 e. The molecule has 1 saturated heterocycles. The number of benzene rings is 2. The number of nitrogens with zero attached hydrogens (tertiary/aromatic N) is 4. The highest BCUT2D eigenvalue weighted by Gasteiger charge is 2.56. The van der Waals surface area contributed by atoms with E-state index in [1.54, 1.807) is 16.5 Å². The summed E-state index contributed by atoms with van der Waals surface area (Å²) in [4.78, 5) is 43.3. The van der Waals surface area contributed by atoms with Crippen molar-refractivity contribution >= 4 is 29.2 Å². The molecule has 4 aliphatic rings. The molecule has 4 heterocycles. The third-order valence-corrected chi connectivity index (χ3v) is 8.36. The smallest absolute Gasteiger partial charge is 0.359 e. The molecule has 0 N–H and O–H groups in total. The van der Waals surface area contributed by atoms with Crippen LogP contribution in [0.1, 0.15) is 71.1 Å². The summed E-state index contributed by atoms with van der Waals surface area (Å²) in [6, 6.07) is 13.4. The molecule has 1 aromatic heterocycles. The predicted octanol–water partition coefficient (Wildman–Crippen LogP) is 4.19. The molecular weight excluding hydrogens is 496 g/mol. The maximum absolute atomic E-state index is 14.2. The van der Waals surface area contributed by atoms with Crippen molar-refractivity contribution < 1.29 is 23.9 Å². The van der Waals surface area contributed by atoms with Crippen molar-refractivity contribution in [2.75, 3.05) is 36.1 Å². The van der Waals surface area contributed by atoms with E-state index in [2.05, 4.69) is 0 Å². The Kier molecular flexibility index (Phi) is 5.50. The van der Waals surface area contributed by atoms with Crippen molar-refractivity contribution in [2.24, 2.45) is 0 Å². The van der Waals surface area contributed by atoms with Crippen LogP contribution < -0.4 is 14.5 Å². The number of amides is 2. The van der Waals surface area contributed by atoms with Crippen LogP contribution in [0.3, 0.4) is 0 Å². The molecule has 39 heavy (non-hydrogen) atoms. The molecule has 9 heteroatoms. The van der Waals surface area contributed by atoms with Crippen molar-refractivity contribution in [1.29, 1.82) is 0 Å². The van der Waals surface area contributed by atoms with Crippen molar-refractivity contribution in [3.63, 3.8) is 0 Å². The van der Waals surface area contributed by atoms with Crippen molar-refractivity contribution in [3.05, 3.63) is 65.0 Å². The Labute approximate surface area is 226 Å². The van der Waals surface area contributed by atoms with Gasteiger partial charge in [-0.05, 0) is 80.6 Å². The quantitative estimate of drug-likeness (QED) is 0.463. The topological polar surface area (TPSA) is 94.0 Å². The molecule has 9 nitrogen and oxygen atoms in total. The average molecular weight is 527 g/mol. The third-order valence-electron chi connectivity index (χ3n) is 8.36. The summed E-state index contributed by atoms with van der Waals surface area (Å²) >= 11 is 0. The predicted molar refractivity (Wildman–Crippen MR) is 144 cm³/mol. The SMILES string of the molecule is CCOC(=O)c1nn(-c2ccc3c(c2)CCO3)c2c1C1(CC1)CN(c1ccc(N3CCCCC3=O)cc1)C2=O. The Morgan fingerprint density at radius 1 is 1.00 bits per heavy atom. The highest BCUT2D eigenvalue weighted by Crippen LogP contribution is 2.54. The van der Waals surface area contributed by atoms with Gasteiger partial charge in [-0.1, -0.05) is 0 Å². The summed E-state index contributed by atoms with van der Waals surface area (Å²) in [5, 5.41) is 4.71. The fourth-order valence-corrected chi connectivity index (χ4v) is 6.19. The Morgan fingerprint density at radius 3 is 2.46 bits per heavy atom. The van der Waals surface area contributed by atoms with E-state index in [-0.39, 0.29) is 29.5 Å². The molecule has 2 fully saturated rings. The van der Waals surface area contributed by atoms with Gasteiger partial charge in [0.05, 0.1) is 18.9 Å². The Bertz CT molecular complexity index is 1500. The van der Waals surface area contributed by atoms with E-state index in [1.807, 2.05) is 47.4 Å². The lowest BCUT2D eigenvalue weighted by Crippen LogP contribution is -2.44. The first-order valence-electron chi connectivity index (χ1n) is 13.8. The van der Waals surface area contributed by atoms with E-state index in [9.17, 15) is 14.4 Å². The zero-order chi connectivity index (χ0) is 26.7. The normalized spacial score (nSPS) is 19.1. The van der Waals surface area contributed by atoms with E-state index in [0.717, 1.165) is 67.0 Å². The highest BCUT2D eigenvalue weighted by atomic mass is 16.5. The molecule has 3 aliphatic heterocycles. The van der Waals surface area contributed by atoms with Gasteiger partial charge in [-0.25, -0.2) is 9.48 Å². The van der Waals surface area contributed by atoms with Crippen LogP contribution in [0.25, 0.3) is 5.69 Å². The van der Waals surface area contributed by atoms with Crippen LogP contribution in [-0.2, 0) is 21.4 Å². The van der Waals surface area contributed by atoms with Gasteiger partial charge in [-0.2, -0.15) is 5.10 Å². The lowest BCUT2D eigenvalue weighted by atomic mass is 9.88. The zero-order valence-electron chi connectivity index (χ0n) is 21.9. The van der Waals surface area contributed by atoms with Crippen LogP contribution in [0.5, 0.6) is 5.75 Å². The fourth-order valence-electron chi connectivity index (χ4n) is 6.19. The molecule has 1 aliphatic carbocycles. The number of fused-ring (bicyclic) bond motifs is 3. The van der Waals surface area contributed by atoms with Crippen LogP contribution >= 0.6 is 0 Å². The molecular formula is C30H30N4O5. The summed E-state index contributed by atoms with van der Waals surface area (Å²) in [6.07, 6.45) is 5.00. The van der Waals surface area contributed by atoms with Crippen molar-refractivity contribution in [2.45, 2.75) is 50.9 Å². The number of hydrogen-bond acceptors (Lipinski definition) is 6. The van der Waals surface area contributed by atoms with E-state index in [1.165, 1.54) is 0 Å². The molecule has 0 unspecified atom stereocenters. The maximum atomic E-state index is 14.2. The van der Waals surface area contributed by atoms with Crippen LogP contribution in [0.2, 0.25) is 0 Å². The van der Waals surface area contributed by atoms with Crippen LogP contribution in [0.15, 0.2) is 42.5 Å². The molecule has 7 rings (SSSR count). The summed E-state index contributed by atoms with van der Waals surface area (Å²) < 4.78 is 12.7. The third kappa shape index (κ3) is 3.82. The first-order valence-corrected chi connectivity index (χ1v) is 13.8. The summed E-state index contributed by atoms with van der Waals surface area (Å²) in [6.45, 7) is 3.81. The minimum atomic E-state index is -0.500. The highest BCUT2D eigenvalue weighted by molar-refractivity contribution is 6.10. The monoisotopic (exact) mass is 526 g/mol. The van der Waals surface area contributed by atoms with E-state index < -0.39 is 5.97 Å². The van der Waals surface area contributed by atoms with E-state index >= 15 is 0 Å². The largest absolute Gasteiger partial charge is 0.493 e. The lowest BCUT2D eigenvalue weighted by molar-refractivity contribution is -0.119. The number of carbonyl (C=O) groups is 3. The van der Waals surface area contributed by atoms with Gasteiger partial charge >= 0.3 is 5.97 Å². The molecule has 3 aromatic rings. The number of hydrogen-bond donors (Lipinski definition) is 0. The Hall–Kier alpha value is -4.14. The van der Waals surface area contributed by atoms with Gasteiger partial charge in [0.25, 0.3) is 5.91 Å². The second kappa shape index (κ2) is 8.97. The number of anilines is 2. The standard InChI is InChI=1S/C30H30N4O5/c1-2-38-29(37)26-25-27(34(31-26)22-10-11-23-19(17-22)12-16-39-23)28(36)33(18-30(25)13-14-30)21-8-6-20(7-9-21)32-15-4-3-5-24(32)35/h6-11,17H,2-5,12-16,18H2,1H3. The first kappa shape index (κ1) is 23.9. The van der Waals surface area contributed by atoms with Gasteiger partial charge in [-0.3, -0.25) is 9.59 Å². The second-order valence-electron chi connectivity index (χ2n) is 10.8. The summed E-state index contributed by atoms with van der Waals surface area (Å²) in [5.41, 5.74) is 4.39.